The number of alkyl halides is 1. The number of nitrogen functional groups attached to an aromatic ring is 1. The summed E-state index contributed by atoms with van der Waals surface area (Å²) in [5.41, 5.74) is 4.65. The number of halogens is 1. The van der Waals surface area contributed by atoms with Crippen LogP contribution in [-0.2, 0) is 28.2 Å². The minimum absolute atomic E-state index is 0.0346. The molecule has 0 bridgehead atoms. The van der Waals surface area contributed by atoms with Crippen LogP contribution in [-0.4, -0.2) is 77.0 Å². The molecule has 13 nitrogen and oxygen atoms in total. The number of nitrogens with two attached hydrogens (primary N) is 1. The van der Waals surface area contributed by atoms with Crippen LogP contribution in [0.2, 0.25) is 0 Å². The molecule has 0 saturated carbocycles. The number of aliphatic hydroxyl groups excluding tert-OH is 1. The van der Waals surface area contributed by atoms with E-state index in [9.17, 15) is 28.4 Å². The summed E-state index contributed by atoms with van der Waals surface area (Å²) < 4.78 is 43.7. The van der Waals surface area contributed by atoms with Crippen molar-refractivity contribution in [2.24, 2.45) is 0 Å². The van der Waals surface area contributed by atoms with Gasteiger partial charge in [-0.1, -0.05) is 0 Å². The van der Waals surface area contributed by atoms with E-state index < -0.39 is 66.9 Å². The normalized spacial score (nSPS) is 24.8. The standard InChI is InChI=1S/C17H27FN5O8PS/c1-8(15(25)29-3)21-32(28,22-9(2)16(26)30-4)31-7-10-13(24)12(18)14(33-10)23-6-5-11(19)20-17(23)27/h5-6,8-10,12-14,24H,7H2,1-4H3,(H2,19,20,27)(H2,21,22,28)/t8-,9-,10+,12-,13+,14+/m0/s1. The minimum atomic E-state index is -4.12. The molecule has 1 aliphatic rings. The van der Waals surface area contributed by atoms with Gasteiger partial charge in [0.15, 0.2) is 6.17 Å². The fourth-order valence-electron chi connectivity index (χ4n) is 2.94. The third-order valence-corrected chi connectivity index (χ3v) is 8.17. The molecule has 0 aromatic carbocycles. The Morgan fingerprint density at radius 2 is 1.85 bits per heavy atom. The lowest BCUT2D eigenvalue weighted by Gasteiger charge is -2.26. The predicted molar refractivity (Wildman–Crippen MR) is 117 cm³/mol. The largest absolute Gasteiger partial charge is 0.468 e. The fourth-order valence-corrected chi connectivity index (χ4v) is 6.29. The van der Waals surface area contributed by atoms with E-state index in [1.165, 1.54) is 26.1 Å². The van der Waals surface area contributed by atoms with Crippen molar-refractivity contribution >= 4 is 37.2 Å². The minimum Gasteiger partial charge on any atom is -0.468 e. The molecule has 1 fully saturated rings. The summed E-state index contributed by atoms with van der Waals surface area (Å²) in [4.78, 5) is 39.1. The zero-order chi connectivity index (χ0) is 24.9. The van der Waals surface area contributed by atoms with Gasteiger partial charge in [-0.05, 0) is 19.9 Å². The Bertz CT molecular complexity index is 940. The zero-order valence-corrected chi connectivity index (χ0v) is 20.0. The first-order chi connectivity index (χ1) is 15.4. The zero-order valence-electron chi connectivity index (χ0n) is 18.3. The number of rotatable bonds is 10. The van der Waals surface area contributed by atoms with Crippen LogP contribution in [0.25, 0.3) is 0 Å². The molecule has 5 N–H and O–H groups in total. The maximum atomic E-state index is 14.8. The molecule has 0 spiro atoms. The number of nitrogens with zero attached hydrogens (tertiary/aromatic N) is 2. The number of aliphatic hydroxyl groups is 1. The number of anilines is 1. The summed E-state index contributed by atoms with van der Waals surface area (Å²) in [7, 11) is -1.84. The molecule has 1 aromatic rings. The van der Waals surface area contributed by atoms with Crippen molar-refractivity contribution in [1.82, 2.24) is 19.7 Å². The molecule has 0 aliphatic carbocycles. The SMILES string of the molecule is COC(=O)[C@H](C)NP(=O)(N[C@@H](C)C(=O)OC)OC[C@H]1S[C@@H](n2ccc(N)nc2=O)[C@@H](F)[C@@H]1O. The van der Waals surface area contributed by atoms with Crippen LogP contribution in [0.1, 0.15) is 19.2 Å². The number of nitrogens with one attached hydrogen (secondary N) is 2. The van der Waals surface area contributed by atoms with E-state index in [-0.39, 0.29) is 5.82 Å². The summed E-state index contributed by atoms with van der Waals surface area (Å²) in [6.07, 6.45) is -2.18. The lowest BCUT2D eigenvalue weighted by Crippen LogP contribution is -2.42. The van der Waals surface area contributed by atoms with Gasteiger partial charge >= 0.3 is 25.3 Å². The molecule has 0 radical (unpaired) electrons. The summed E-state index contributed by atoms with van der Waals surface area (Å²) in [5.74, 6) is -1.53. The molecule has 186 valence electrons. The maximum Gasteiger partial charge on any atom is 0.350 e. The number of esters is 2. The number of hydrogen-bond acceptors (Lipinski definition) is 11. The topological polar surface area (TPSA) is 184 Å². The molecule has 33 heavy (non-hydrogen) atoms. The summed E-state index contributed by atoms with van der Waals surface area (Å²) in [6, 6.07) is -0.879. The van der Waals surface area contributed by atoms with Crippen molar-refractivity contribution < 1.29 is 37.6 Å². The van der Waals surface area contributed by atoms with Crippen molar-refractivity contribution in [3.8, 4) is 0 Å². The predicted octanol–water partition coefficient (Wildman–Crippen LogP) is -0.435. The molecular formula is C17H27FN5O8PS. The first kappa shape index (κ1) is 27.2. The van der Waals surface area contributed by atoms with E-state index in [1.807, 2.05) is 0 Å². The van der Waals surface area contributed by atoms with Crippen molar-refractivity contribution in [1.29, 1.82) is 0 Å². The third kappa shape index (κ3) is 6.74. The summed E-state index contributed by atoms with van der Waals surface area (Å²) in [5, 5.41) is 13.1. The van der Waals surface area contributed by atoms with Crippen LogP contribution in [0, 0.1) is 0 Å². The van der Waals surface area contributed by atoms with E-state index in [0.717, 1.165) is 30.5 Å². The Morgan fingerprint density at radius 3 is 2.33 bits per heavy atom. The lowest BCUT2D eigenvalue weighted by molar-refractivity contribution is -0.142. The molecule has 0 unspecified atom stereocenters. The van der Waals surface area contributed by atoms with Gasteiger partial charge in [-0.15, -0.1) is 11.8 Å². The van der Waals surface area contributed by atoms with Crippen LogP contribution < -0.4 is 21.6 Å². The van der Waals surface area contributed by atoms with Crippen LogP contribution >= 0.6 is 19.4 Å². The van der Waals surface area contributed by atoms with E-state index in [4.69, 9.17) is 10.3 Å². The number of thioether (sulfide) groups is 1. The Morgan fingerprint density at radius 1 is 1.30 bits per heavy atom. The van der Waals surface area contributed by atoms with Gasteiger partial charge in [0.2, 0.25) is 0 Å². The Balaban J connectivity index is 2.17. The first-order valence-electron chi connectivity index (χ1n) is 9.70. The highest BCUT2D eigenvalue weighted by Gasteiger charge is 2.46. The number of hydrogen-bond donors (Lipinski definition) is 4. The third-order valence-electron chi connectivity index (χ3n) is 4.68. The Hall–Kier alpha value is -2.03. The highest BCUT2D eigenvalue weighted by molar-refractivity contribution is 8.00. The van der Waals surface area contributed by atoms with Crippen molar-refractivity contribution in [2.75, 3.05) is 26.6 Å². The van der Waals surface area contributed by atoms with E-state index >= 15 is 0 Å². The molecule has 6 atom stereocenters. The van der Waals surface area contributed by atoms with E-state index in [1.54, 1.807) is 0 Å². The van der Waals surface area contributed by atoms with Crippen LogP contribution in [0.15, 0.2) is 17.1 Å². The van der Waals surface area contributed by atoms with Gasteiger partial charge in [-0.2, -0.15) is 4.98 Å². The van der Waals surface area contributed by atoms with E-state index in [0.29, 0.717) is 0 Å². The number of aromatic nitrogens is 2. The molecule has 2 heterocycles. The van der Waals surface area contributed by atoms with Crippen LogP contribution in [0.4, 0.5) is 10.2 Å². The highest BCUT2D eigenvalue weighted by atomic mass is 32.2. The second-order valence-corrected chi connectivity index (χ2v) is 10.4. The van der Waals surface area contributed by atoms with Gasteiger partial charge in [-0.3, -0.25) is 18.7 Å². The number of carbonyl (C=O) groups excluding carboxylic acids is 2. The smallest absolute Gasteiger partial charge is 0.350 e. The average molecular weight is 511 g/mol. The first-order valence-corrected chi connectivity index (χ1v) is 12.3. The second-order valence-electron chi connectivity index (χ2n) is 7.14. The highest BCUT2D eigenvalue weighted by Crippen LogP contribution is 2.46. The van der Waals surface area contributed by atoms with Gasteiger partial charge in [0.05, 0.1) is 26.1 Å². The van der Waals surface area contributed by atoms with Gasteiger partial charge in [0.25, 0.3) is 0 Å². The van der Waals surface area contributed by atoms with Crippen LogP contribution in [0.3, 0.4) is 0 Å². The van der Waals surface area contributed by atoms with Gasteiger partial charge in [0, 0.05) is 6.20 Å². The molecule has 1 aromatic heterocycles. The van der Waals surface area contributed by atoms with Gasteiger partial charge in [0.1, 0.15) is 29.4 Å². The summed E-state index contributed by atoms with van der Waals surface area (Å²) >= 11 is 0.872. The summed E-state index contributed by atoms with van der Waals surface area (Å²) in [6.45, 7) is 2.26. The van der Waals surface area contributed by atoms with Gasteiger partial charge < -0.3 is 24.8 Å². The maximum absolute atomic E-state index is 14.8. The second kappa shape index (κ2) is 11.4. The molecular weight excluding hydrogens is 484 g/mol. The average Bonchev–Trinajstić information content (AvgIpc) is 3.04. The molecule has 2 rings (SSSR count). The molecule has 1 aliphatic heterocycles. The quantitative estimate of drug-likeness (QED) is 0.234. The van der Waals surface area contributed by atoms with Crippen molar-refractivity contribution in [3.63, 3.8) is 0 Å². The monoisotopic (exact) mass is 511 g/mol. The fraction of sp³-hybridized carbons (Fsp3) is 0.647. The Kier molecular flexibility index (Phi) is 9.40. The number of carbonyl (C=O) groups is 2. The lowest BCUT2D eigenvalue weighted by atomic mass is 10.1. The number of methoxy groups -OCH3 is 2. The van der Waals surface area contributed by atoms with E-state index in [2.05, 4.69) is 24.6 Å². The van der Waals surface area contributed by atoms with Crippen molar-refractivity contribution in [2.45, 2.75) is 48.8 Å². The van der Waals surface area contributed by atoms with Crippen molar-refractivity contribution in [3.05, 3.63) is 22.7 Å². The molecule has 1 saturated heterocycles. The molecule has 16 heteroatoms. The Labute approximate surface area is 193 Å². The molecule has 0 amide bonds. The van der Waals surface area contributed by atoms with Crippen LogP contribution in [0.5, 0.6) is 0 Å². The van der Waals surface area contributed by atoms with Gasteiger partial charge in [-0.25, -0.2) is 19.4 Å². The number of ether oxygens (including phenoxy) is 2.